The number of nitrogens with one attached hydrogen (secondary N) is 1. The van der Waals surface area contributed by atoms with Gasteiger partial charge >= 0.3 is 6.03 Å². The number of amides is 2. The van der Waals surface area contributed by atoms with E-state index in [9.17, 15) is 4.79 Å². The standard InChI is InChI=1S/C18H20N2O3/c1-22-16-9-5-8-15(12-16)19-18(21)20-10-11-23-17(13-20)14-6-3-2-4-7-14/h2-9,12,17H,10-11,13H2,1H3,(H,19,21). The van der Waals surface area contributed by atoms with Crippen LogP contribution in [0.5, 0.6) is 5.75 Å². The molecular formula is C18H20N2O3. The number of urea groups is 1. The van der Waals surface area contributed by atoms with E-state index in [-0.39, 0.29) is 12.1 Å². The number of ether oxygens (including phenoxy) is 2. The van der Waals surface area contributed by atoms with Crippen LogP contribution in [0.15, 0.2) is 54.6 Å². The highest BCUT2D eigenvalue weighted by Crippen LogP contribution is 2.23. The first kappa shape index (κ1) is 15.4. The molecule has 0 aromatic heterocycles. The number of nitrogens with zero attached hydrogens (tertiary/aromatic N) is 1. The maximum atomic E-state index is 12.5. The number of carbonyl (C=O) groups excluding carboxylic acids is 1. The fraction of sp³-hybridized carbons (Fsp3) is 0.278. The Kier molecular flexibility index (Phi) is 4.78. The molecule has 1 fully saturated rings. The Morgan fingerprint density at radius 2 is 2.04 bits per heavy atom. The molecule has 0 saturated carbocycles. The molecule has 0 bridgehead atoms. The van der Waals surface area contributed by atoms with Crippen molar-refractivity contribution in [1.29, 1.82) is 0 Å². The van der Waals surface area contributed by atoms with Gasteiger partial charge in [0.25, 0.3) is 0 Å². The van der Waals surface area contributed by atoms with Crippen LogP contribution in [0, 0.1) is 0 Å². The molecule has 0 radical (unpaired) electrons. The molecule has 3 rings (SSSR count). The van der Waals surface area contributed by atoms with Crippen molar-refractivity contribution in [2.45, 2.75) is 6.10 Å². The van der Waals surface area contributed by atoms with Crippen molar-refractivity contribution < 1.29 is 14.3 Å². The summed E-state index contributed by atoms with van der Waals surface area (Å²) in [5.74, 6) is 0.715. The molecule has 1 aliphatic rings. The Morgan fingerprint density at radius 3 is 2.83 bits per heavy atom. The number of hydrogen-bond acceptors (Lipinski definition) is 3. The number of rotatable bonds is 3. The summed E-state index contributed by atoms with van der Waals surface area (Å²) in [5.41, 5.74) is 1.81. The summed E-state index contributed by atoms with van der Waals surface area (Å²) in [6.45, 7) is 1.66. The van der Waals surface area contributed by atoms with Gasteiger partial charge < -0.3 is 19.7 Å². The summed E-state index contributed by atoms with van der Waals surface area (Å²) in [4.78, 5) is 14.2. The zero-order chi connectivity index (χ0) is 16.1. The van der Waals surface area contributed by atoms with Crippen LogP contribution in [0.4, 0.5) is 10.5 Å². The van der Waals surface area contributed by atoms with E-state index < -0.39 is 0 Å². The normalized spacial score (nSPS) is 17.6. The van der Waals surface area contributed by atoms with Gasteiger partial charge in [0.05, 0.1) is 20.3 Å². The van der Waals surface area contributed by atoms with Gasteiger partial charge in [-0.05, 0) is 17.7 Å². The van der Waals surface area contributed by atoms with Gasteiger partial charge in [-0.25, -0.2) is 4.79 Å². The number of benzene rings is 2. The summed E-state index contributed by atoms with van der Waals surface area (Å²) in [7, 11) is 1.60. The predicted octanol–water partition coefficient (Wildman–Crippen LogP) is 3.30. The Balaban J connectivity index is 1.65. The average molecular weight is 312 g/mol. The van der Waals surface area contributed by atoms with Crippen LogP contribution in [0.25, 0.3) is 0 Å². The lowest BCUT2D eigenvalue weighted by Crippen LogP contribution is -2.44. The lowest BCUT2D eigenvalue weighted by atomic mass is 10.1. The molecule has 5 nitrogen and oxygen atoms in total. The quantitative estimate of drug-likeness (QED) is 0.946. The minimum atomic E-state index is -0.123. The second-order valence-corrected chi connectivity index (χ2v) is 5.38. The van der Waals surface area contributed by atoms with Crippen LogP contribution in [0.1, 0.15) is 11.7 Å². The number of morpholine rings is 1. The third-order valence-electron chi connectivity index (χ3n) is 3.85. The van der Waals surface area contributed by atoms with E-state index in [0.717, 1.165) is 11.3 Å². The molecule has 5 heteroatoms. The first-order valence-corrected chi connectivity index (χ1v) is 7.63. The summed E-state index contributed by atoms with van der Waals surface area (Å²) in [6, 6.07) is 17.2. The Labute approximate surface area is 135 Å². The lowest BCUT2D eigenvalue weighted by Gasteiger charge is -2.33. The number of carbonyl (C=O) groups is 1. The first-order valence-electron chi connectivity index (χ1n) is 7.63. The van der Waals surface area contributed by atoms with E-state index in [0.29, 0.717) is 25.4 Å². The molecule has 0 aliphatic carbocycles. The monoisotopic (exact) mass is 312 g/mol. The van der Waals surface area contributed by atoms with Gasteiger partial charge in [-0.3, -0.25) is 0 Å². The van der Waals surface area contributed by atoms with Crippen LogP contribution in [0.2, 0.25) is 0 Å². The van der Waals surface area contributed by atoms with Crippen LogP contribution >= 0.6 is 0 Å². The SMILES string of the molecule is COc1cccc(NC(=O)N2CCOC(c3ccccc3)C2)c1. The van der Waals surface area contributed by atoms with E-state index in [1.54, 1.807) is 18.1 Å². The molecular weight excluding hydrogens is 292 g/mol. The van der Waals surface area contributed by atoms with Crippen molar-refractivity contribution in [2.24, 2.45) is 0 Å². The number of anilines is 1. The molecule has 1 atom stereocenters. The van der Waals surface area contributed by atoms with Gasteiger partial charge in [0.2, 0.25) is 0 Å². The third-order valence-corrected chi connectivity index (χ3v) is 3.85. The fourth-order valence-corrected chi connectivity index (χ4v) is 2.61. The number of methoxy groups -OCH3 is 1. The molecule has 1 heterocycles. The summed E-state index contributed by atoms with van der Waals surface area (Å²) in [5, 5.41) is 2.91. The zero-order valence-electron chi connectivity index (χ0n) is 13.1. The van der Waals surface area contributed by atoms with Crippen LogP contribution in [-0.2, 0) is 4.74 Å². The maximum absolute atomic E-state index is 12.5. The fourth-order valence-electron chi connectivity index (χ4n) is 2.61. The molecule has 2 amide bonds. The van der Waals surface area contributed by atoms with E-state index >= 15 is 0 Å². The number of hydrogen-bond donors (Lipinski definition) is 1. The average Bonchev–Trinajstić information content (AvgIpc) is 2.63. The summed E-state index contributed by atoms with van der Waals surface area (Å²) < 4.78 is 11.0. The molecule has 0 spiro atoms. The lowest BCUT2D eigenvalue weighted by molar-refractivity contribution is -0.0135. The van der Waals surface area contributed by atoms with Gasteiger partial charge in [0.1, 0.15) is 11.9 Å². The Bertz CT molecular complexity index is 660. The minimum Gasteiger partial charge on any atom is -0.497 e. The van der Waals surface area contributed by atoms with Gasteiger partial charge in [-0.15, -0.1) is 0 Å². The van der Waals surface area contributed by atoms with Crippen LogP contribution in [-0.4, -0.2) is 37.7 Å². The van der Waals surface area contributed by atoms with Crippen molar-refractivity contribution in [2.75, 3.05) is 32.1 Å². The zero-order valence-corrected chi connectivity index (χ0v) is 13.1. The van der Waals surface area contributed by atoms with Crippen molar-refractivity contribution in [3.8, 4) is 5.75 Å². The van der Waals surface area contributed by atoms with Crippen LogP contribution in [0.3, 0.4) is 0 Å². The highest BCUT2D eigenvalue weighted by Gasteiger charge is 2.25. The molecule has 1 unspecified atom stereocenters. The Morgan fingerprint density at radius 1 is 1.22 bits per heavy atom. The summed E-state index contributed by atoms with van der Waals surface area (Å²) in [6.07, 6.45) is -0.0824. The van der Waals surface area contributed by atoms with Crippen LogP contribution < -0.4 is 10.1 Å². The minimum absolute atomic E-state index is 0.0824. The molecule has 23 heavy (non-hydrogen) atoms. The van der Waals surface area contributed by atoms with E-state index in [1.807, 2.05) is 48.5 Å². The topological polar surface area (TPSA) is 50.8 Å². The molecule has 1 saturated heterocycles. The second kappa shape index (κ2) is 7.15. The van der Waals surface area contributed by atoms with Gasteiger partial charge in [-0.1, -0.05) is 36.4 Å². The van der Waals surface area contributed by atoms with Gasteiger partial charge in [0, 0.05) is 18.3 Å². The van der Waals surface area contributed by atoms with E-state index in [1.165, 1.54) is 0 Å². The Hall–Kier alpha value is -2.53. The van der Waals surface area contributed by atoms with E-state index in [2.05, 4.69) is 5.32 Å². The van der Waals surface area contributed by atoms with Crippen molar-refractivity contribution in [1.82, 2.24) is 4.90 Å². The maximum Gasteiger partial charge on any atom is 0.322 e. The largest absolute Gasteiger partial charge is 0.497 e. The van der Waals surface area contributed by atoms with E-state index in [4.69, 9.17) is 9.47 Å². The molecule has 2 aromatic rings. The third kappa shape index (κ3) is 3.81. The second-order valence-electron chi connectivity index (χ2n) is 5.38. The van der Waals surface area contributed by atoms with Crippen molar-refractivity contribution in [3.05, 3.63) is 60.2 Å². The highest BCUT2D eigenvalue weighted by molar-refractivity contribution is 5.89. The first-order chi connectivity index (χ1) is 11.3. The molecule has 2 aromatic carbocycles. The van der Waals surface area contributed by atoms with Gasteiger partial charge in [-0.2, -0.15) is 0 Å². The molecule has 120 valence electrons. The predicted molar refractivity (Wildman–Crippen MR) is 88.7 cm³/mol. The highest BCUT2D eigenvalue weighted by atomic mass is 16.5. The summed E-state index contributed by atoms with van der Waals surface area (Å²) >= 11 is 0. The molecule has 1 N–H and O–H groups in total. The van der Waals surface area contributed by atoms with Gasteiger partial charge in [0.15, 0.2) is 0 Å². The molecule has 1 aliphatic heterocycles. The van der Waals surface area contributed by atoms with Crippen molar-refractivity contribution >= 4 is 11.7 Å². The smallest absolute Gasteiger partial charge is 0.322 e. The van der Waals surface area contributed by atoms with Crippen molar-refractivity contribution in [3.63, 3.8) is 0 Å².